The fourth-order valence-electron chi connectivity index (χ4n) is 2.68. The van der Waals surface area contributed by atoms with Crippen LogP contribution in [-0.4, -0.2) is 49.6 Å². The van der Waals surface area contributed by atoms with Crippen molar-refractivity contribution in [2.45, 2.75) is 39.3 Å². The highest BCUT2D eigenvalue weighted by atomic mass is 16.5. The van der Waals surface area contributed by atoms with Crippen LogP contribution in [0, 0.1) is 6.92 Å². The van der Waals surface area contributed by atoms with Crippen LogP contribution in [0.25, 0.3) is 0 Å². The van der Waals surface area contributed by atoms with Crippen molar-refractivity contribution in [1.29, 1.82) is 0 Å². The lowest BCUT2D eigenvalue weighted by Crippen LogP contribution is -2.49. The smallest absolute Gasteiger partial charge is 0.167 e. The standard InChI is InChI=1S/C17H25NO3/c1-12(2)18-7-8-21-17(11-18)15(19)10-14-9-13(3)5-6-16(14)20-4/h5-6,9,12,17H,7-8,10-11H2,1-4H3. The van der Waals surface area contributed by atoms with E-state index in [9.17, 15) is 4.79 Å². The van der Waals surface area contributed by atoms with Gasteiger partial charge in [-0.3, -0.25) is 9.69 Å². The minimum atomic E-state index is -0.327. The first-order valence-electron chi connectivity index (χ1n) is 7.53. The van der Waals surface area contributed by atoms with Crippen LogP contribution in [0.1, 0.15) is 25.0 Å². The molecule has 4 nitrogen and oxygen atoms in total. The first-order chi connectivity index (χ1) is 10.0. The number of carbonyl (C=O) groups excluding carboxylic acids is 1. The highest BCUT2D eigenvalue weighted by Crippen LogP contribution is 2.22. The van der Waals surface area contributed by atoms with Gasteiger partial charge in [-0.2, -0.15) is 0 Å². The predicted octanol–water partition coefficient (Wildman–Crippen LogP) is 2.22. The average Bonchev–Trinajstić information content (AvgIpc) is 2.47. The molecule has 1 aliphatic rings. The molecule has 0 saturated carbocycles. The van der Waals surface area contributed by atoms with Gasteiger partial charge in [0.2, 0.25) is 0 Å². The average molecular weight is 291 g/mol. The van der Waals surface area contributed by atoms with Gasteiger partial charge < -0.3 is 9.47 Å². The van der Waals surface area contributed by atoms with E-state index >= 15 is 0 Å². The summed E-state index contributed by atoms with van der Waals surface area (Å²) >= 11 is 0. The molecule has 1 aromatic carbocycles. The summed E-state index contributed by atoms with van der Waals surface area (Å²) in [6.07, 6.45) is 0.0351. The molecule has 1 atom stereocenters. The highest BCUT2D eigenvalue weighted by molar-refractivity contribution is 5.86. The molecule has 1 unspecified atom stereocenters. The third-order valence-electron chi connectivity index (χ3n) is 3.99. The van der Waals surface area contributed by atoms with E-state index in [1.165, 1.54) is 0 Å². The van der Waals surface area contributed by atoms with Crippen molar-refractivity contribution in [1.82, 2.24) is 4.90 Å². The molecule has 21 heavy (non-hydrogen) atoms. The van der Waals surface area contributed by atoms with E-state index in [-0.39, 0.29) is 11.9 Å². The number of aryl methyl sites for hydroxylation is 1. The summed E-state index contributed by atoms with van der Waals surface area (Å²) in [5.41, 5.74) is 2.07. The Balaban J connectivity index is 2.06. The molecule has 0 aromatic heterocycles. The molecule has 0 amide bonds. The van der Waals surface area contributed by atoms with Crippen LogP contribution in [0.2, 0.25) is 0 Å². The summed E-state index contributed by atoms with van der Waals surface area (Å²) in [5, 5.41) is 0. The molecule has 2 rings (SSSR count). The van der Waals surface area contributed by atoms with Gasteiger partial charge in [0.15, 0.2) is 5.78 Å². The molecule has 1 fully saturated rings. The predicted molar refractivity (Wildman–Crippen MR) is 82.9 cm³/mol. The molecular formula is C17H25NO3. The van der Waals surface area contributed by atoms with E-state index in [0.717, 1.165) is 23.4 Å². The van der Waals surface area contributed by atoms with Crippen LogP contribution >= 0.6 is 0 Å². The first-order valence-corrected chi connectivity index (χ1v) is 7.53. The summed E-state index contributed by atoms with van der Waals surface area (Å²) in [6, 6.07) is 6.36. The SMILES string of the molecule is COc1ccc(C)cc1CC(=O)C1CN(C(C)C)CCO1. The van der Waals surface area contributed by atoms with Crippen LogP contribution in [0.5, 0.6) is 5.75 Å². The Bertz CT molecular complexity index is 499. The van der Waals surface area contributed by atoms with E-state index in [2.05, 4.69) is 18.7 Å². The van der Waals surface area contributed by atoms with Gasteiger partial charge in [-0.25, -0.2) is 0 Å². The number of morpholine rings is 1. The summed E-state index contributed by atoms with van der Waals surface area (Å²) in [5.74, 6) is 0.898. The van der Waals surface area contributed by atoms with Crippen LogP contribution in [0.4, 0.5) is 0 Å². The van der Waals surface area contributed by atoms with Gasteiger partial charge in [0.25, 0.3) is 0 Å². The van der Waals surface area contributed by atoms with Crippen molar-refractivity contribution in [3.05, 3.63) is 29.3 Å². The molecule has 116 valence electrons. The number of nitrogens with zero attached hydrogens (tertiary/aromatic N) is 1. The van der Waals surface area contributed by atoms with Crippen molar-refractivity contribution in [3.63, 3.8) is 0 Å². The molecule has 0 spiro atoms. The minimum absolute atomic E-state index is 0.129. The monoisotopic (exact) mass is 291 g/mol. The van der Waals surface area contributed by atoms with Gasteiger partial charge in [0.05, 0.1) is 13.7 Å². The highest BCUT2D eigenvalue weighted by Gasteiger charge is 2.28. The molecule has 0 radical (unpaired) electrons. The molecule has 1 aliphatic heterocycles. The van der Waals surface area contributed by atoms with Gasteiger partial charge in [0, 0.05) is 31.1 Å². The number of ketones is 1. The van der Waals surface area contributed by atoms with Crippen LogP contribution in [0.15, 0.2) is 18.2 Å². The third-order valence-corrected chi connectivity index (χ3v) is 3.99. The van der Waals surface area contributed by atoms with Crippen molar-refractivity contribution in [2.24, 2.45) is 0 Å². The van der Waals surface area contributed by atoms with Crippen molar-refractivity contribution in [2.75, 3.05) is 26.8 Å². The van der Waals surface area contributed by atoms with Crippen LogP contribution in [0.3, 0.4) is 0 Å². The lowest BCUT2D eigenvalue weighted by atomic mass is 10.0. The van der Waals surface area contributed by atoms with Crippen molar-refractivity contribution in [3.8, 4) is 5.75 Å². The van der Waals surface area contributed by atoms with Crippen molar-refractivity contribution < 1.29 is 14.3 Å². The number of hydrogen-bond donors (Lipinski definition) is 0. The summed E-state index contributed by atoms with van der Waals surface area (Å²) in [7, 11) is 1.64. The van der Waals surface area contributed by atoms with E-state index in [1.54, 1.807) is 7.11 Å². The Morgan fingerprint density at radius 1 is 1.48 bits per heavy atom. The van der Waals surface area contributed by atoms with E-state index in [1.807, 2.05) is 25.1 Å². The Morgan fingerprint density at radius 2 is 2.24 bits per heavy atom. The summed E-state index contributed by atoms with van der Waals surface area (Å²) < 4.78 is 11.0. The second-order valence-corrected chi connectivity index (χ2v) is 5.91. The molecule has 4 heteroatoms. The fourth-order valence-corrected chi connectivity index (χ4v) is 2.68. The zero-order valence-electron chi connectivity index (χ0n) is 13.4. The Morgan fingerprint density at radius 3 is 2.90 bits per heavy atom. The number of methoxy groups -OCH3 is 1. The van der Waals surface area contributed by atoms with E-state index in [0.29, 0.717) is 25.6 Å². The maximum atomic E-state index is 12.5. The Kier molecular flexibility index (Phi) is 5.37. The van der Waals surface area contributed by atoms with Gasteiger partial charge in [0.1, 0.15) is 11.9 Å². The second-order valence-electron chi connectivity index (χ2n) is 5.91. The Hall–Kier alpha value is -1.39. The topological polar surface area (TPSA) is 38.8 Å². The maximum absolute atomic E-state index is 12.5. The number of rotatable bonds is 5. The zero-order valence-corrected chi connectivity index (χ0v) is 13.4. The zero-order chi connectivity index (χ0) is 15.4. The molecule has 1 saturated heterocycles. The number of benzene rings is 1. The fraction of sp³-hybridized carbons (Fsp3) is 0.588. The third kappa shape index (κ3) is 4.05. The number of ether oxygens (including phenoxy) is 2. The quantitative estimate of drug-likeness (QED) is 0.834. The van der Waals surface area contributed by atoms with E-state index in [4.69, 9.17) is 9.47 Å². The largest absolute Gasteiger partial charge is 0.496 e. The van der Waals surface area contributed by atoms with Crippen molar-refractivity contribution >= 4 is 5.78 Å². The molecule has 0 bridgehead atoms. The lowest BCUT2D eigenvalue weighted by Gasteiger charge is -2.34. The van der Waals surface area contributed by atoms with E-state index < -0.39 is 0 Å². The molecule has 1 aromatic rings. The molecule has 0 N–H and O–H groups in total. The second kappa shape index (κ2) is 7.05. The van der Waals surface area contributed by atoms with Gasteiger partial charge in [-0.15, -0.1) is 0 Å². The summed E-state index contributed by atoms with van der Waals surface area (Å²) in [6.45, 7) is 8.53. The normalized spacial score (nSPS) is 19.8. The molecule has 1 heterocycles. The first kappa shape index (κ1) is 16.0. The van der Waals surface area contributed by atoms with Gasteiger partial charge in [-0.1, -0.05) is 17.7 Å². The molecular weight excluding hydrogens is 266 g/mol. The number of hydrogen-bond acceptors (Lipinski definition) is 4. The Labute approximate surface area is 127 Å². The molecule has 0 aliphatic carbocycles. The van der Waals surface area contributed by atoms with Gasteiger partial charge in [-0.05, 0) is 26.8 Å². The number of carbonyl (C=O) groups is 1. The van der Waals surface area contributed by atoms with Crippen LogP contribution < -0.4 is 4.74 Å². The summed E-state index contributed by atoms with van der Waals surface area (Å²) in [4.78, 5) is 14.8. The lowest BCUT2D eigenvalue weighted by molar-refractivity contribution is -0.136. The van der Waals surface area contributed by atoms with Crippen LogP contribution in [-0.2, 0) is 16.0 Å². The maximum Gasteiger partial charge on any atom is 0.167 e. The minimum Gasteiger partial charge on any atom is -0.496 e. The van der Waals surface area contributed by atoms with Gasteiger partial charge >= 0.3 is 0 Å². The number of Topliss-reactive ketones (excluding diaryl/α,β-unsaturated/α-hetero) is 1.